The summed E-state index contributed by atoms with van der Waals surface area (Å²) in [6, 6.07) is 11.6. The average molecular weight is 338 g/mol. The van der Waals surface area contributed by atoms with Crippen molar-refractivity contribution in [2.75, 3.05) is 0 Å². The third-order valence-corrected chi connectivity index (χ3v) is 4.22. The maximum Gasteiger partial charge on any atom is 0.420 e. The minimum atomic E-state index is -0.477. The lowest BCUT2D eigenvalue weighted by atomic mass is 10.0. The van der Waals surface area contributed by atoms with Gasteiger partial charge in [-0.2, -0.15) is 0 Å². The van der Waals surface area contributed by atoms with Crippen molar-refractivity contribution in [3.8, 4) is 11.1 Å². The van der Waals surface area contributed by atoms with E-state index in [4.69, 9.17) is 8.94 Å². The van der Waals surface area contributed by atoms with Crippen molar-refractivity contribution in [1.82, 2.24) is 9.72 Å². The van der Waals surface area contributed by atoms with Gasteiger partial charge in [-0.15, -0.1) is 0 Å². The Bertz CT molecular complexity index is 1120. The van der Waals surface area contributed by atoms with E-state index in [1.165, 1.54) is 16.7 Å². The highest BCUT2D eigenvalue weighted by Gasteiger charge is 2.15. The van der Waals surface area contributed by atoms with E-state index in [2.05, 4.69) is 5.16 Å². The molecule has 0 aliphatic heterocycles. The van der Waals surface area contributed by atoms with Crippen LogP contribution in [0.5, 0.6) is 0 Å². The number of hydrogen-bond acceptors (Lipinski definition) is 4. The van der Waals surface area contributed by atoms with Gasteiger partial charge in [0.2, 0.25) is 0 Å². The fourth-order valence-corrected chi connectivity index (χ4v) is 3.08. The van der Waals surface area contributed by atoms with Crippen LogP contribution in [0, 0.1) is 19.7 Å². The number of aryl methyl sites for hydroxylation is 2. The van der Waals surface area contributed by atoms with Gasteiger partial charge in [0.05, 0.1) is 17.8 Å². The minimum absolute atomic E-state index is 0.231. The first-order valence-corrected chi connectivity index (χ1v) is 7.84. The zero-order valence-corrected chi connectivity index (χ0v) is 13.7. The maximum atomic E-state index is 13.4. The Morgan fingerprint density at radius 1 is 1.16 bits per heavy atom. The van der Waals surface area contributed by atoms with Gasteiger partial charge in [-0.1, -0.05) is 23.4 Å². The number of oxazole rings is 1. The minimum Gasteiger partial charge on any atom is -0.408 e. The molecule has 25 heavy (non-hydrogen) atoms. The third-order valence-electron chi connectivity index (χ3n) is 4.22. The van der Waals surface area contributed by atoms with Crippen LogP contribution >= 0.6 is 0 Å². The molecule has 0 spiro atoms. The second-order valence-corrected chi connectivity index (χ2v) is 5.97. The molecule has 126 valence electrons. The molecule has 2 aromatic carbocycles. The van der Waals surface area contributed by atoms with Gasteiger partial charge in [0, 0.05) is 5.56 Å². The van der Waals surface area contributed by atoms with Crippen LogP contribution in [-0.2, 0) is 6.54 Å². The van der Waals surface area contributed by atoms with E-state index in [0.717, 1.165) is 16.8 Å². The molecule has 0 bridgehead atoms. The van der Waals surface area contributed by atoms with Crippen LogP contribution in [0.15, 0.2) is 56.2 Å². The molecule has 0 saturated heterocycles. The van der Waals surface area contributed by atoms with Crippen LogP contribution in [0.4, 0.5) is 4.39 Å². The summed E-state index contributed by atoms with van der Waals surface area (Å²) in [5.74, 6) is -0.107. The molecule has 6 heteroatoms. The Kier molecular flexibility index (Phi) is 3.53. The van der Waals surface area contributed by atoms with Crippen molar-refractivity contribution in [2.45, 2.75) is 20.4 Å². The maximum absolute atomic E-state index is 13.4. The largest absolute Gasteiger partial charge is 0.420 e. The predicted molar refractivity (Wildman–Crippen MR) is 90.9 cm³/mol. The molecule has 0 fully saturated rings. The highest BCUT2D eigenvalue weighted by Crippen LogP contribution is 2.29. The summed E-state index contributed by atoms with van der Waals surface area (Å²) in [4.78, 5) is 12.2. The van der Waals surface area contributed by atoms with Crippen molar-refractivity contribution in [1.29, 1.82) is 0 Å². The molecule has 0 aliphatic carbocycles. The van der Waals surface area contributed by atoms with Gasteiger partial charge in [-0.3, -0.25) is 4.57 Å². The summed E-state index contributed by atoms with van der Waals surface area (Å²) in [6.45, 7) is 3.94. The van der Waals surface area contributed by atoms with E-state index in [9.17, 15) is 9.18 Å². The quantitative estimate of drug-likeness (QED) is 0.565. The summed E-state index contributed by atoms with van der Waals surface area (Å²) < 4.78 is 25.4. The van der Waals surface area contributed by atoms with Crippen LogP contribution in [0.25, 0.3) is 22.2 Å². The lowest BCUT2D eigenvalue weighted by molar-refractivity contribution is 0.393. The SMILES string of the molecule is Cc1noc(C)c1-c1ccc2oc(=O)n(Cc3cccc(F)c3)c2c1. The van der Waals surface area contributed by atoms with Gasteiger partial charge in [-0.05, 0) is 49.2 Å². The van der Waals surface area contributed by atoms with Crippen LogP contribution in [0.2, 0.25) is 0 Å². The molecule has 0 saturated carbocycles. The third kappa shape index (κ3) is 2.65. The van der Waals surface area contributed by atoms with Crippen molar-refractivity contribution in [2.24, 2.45) is 0 Å². The Morgan fingerprint density at radius 2 is 2.00 bits per heavy atom. The topological polar surface area (TPSA) is 61.2 Å². The second kappa shape index (κ2) is 5.73. The van der Waals surface area contributed by atoms with Gasteiger partial charge in [0.15, 0.2) is 5.58 Å². The van der Waals surface area contributed by atoms with Crippen molar-refractivity contribution in [3.63, 3.8) is 0 Å². The summed E-state index contributed by atoms with van der Waals surface area (Å²) in [6.07, 6.45) is 0. The number of fused-ring (bicyclic) bond motifs is 1. The molecular weight excluding hydrogens is 323 g/mol. The summed E-state index contributed by atoms with van der Waals surface area (Å²) in [7, 11) is 0. The van der Waals surface area contributed by atoms with E-state index in [1.807, 2.05) is 26.0 Å². The van der Waals surface area contributed by atoms with Crippen LogP contribution in [0.1, 0.15) is 17.0 Å². The Morgan fingerprint density at radius 3 is 2.72 bits per heavy atom. The molecular formula is C19H15FN2O3. The molecule has 4 rings (SSSR count). The molecule has 4 aromatic rings. The number of benzene rings is 2. The zero-order chi connectivity index (χ0) is 17.6. The number of hydrogen-bond donors (Lipinski definition) is 0. The molecule has 0 N–H and O–H groups in total. The normalized spacial score (nSPS) is 11.3. The monoisotopic (exact) mass is 338 g/mol. The van der Waals surface area contributed by atoms with Crippen molar-refractivity contribution >= 4 is 11.1 Å². The van der Waals surface area contributed by atoms with Crippen LogP contribution < -0.4 is 5.76 Å². The molecule has 2 heterocycles. The molecule has 0 unspecified atom stereocenters. The zero-order valence-electron chi connectivity index (χ0n) is 13.7. The number of rotatable bonds is 3. The van der Waals surface area contributed by atoms with E-state index in [0.29, 0.717) is 22.4 Å². The summed E-state index contributed by atoms with van der Waals surface area (Å²) in [5, 5.41) is 3.97. The molecule has 0 radical (unpaired) electrons. The number of nitrogens with zero attached hydrogens (tertiary/aromatic N) is 2. The molecule has 0 aliphatic rings. The first-order chi connectivity index (χ1) is 12.0. The predicted octanol–water partition coefficient (Wildman–Crippen LogP) is 4.05. The smallest absolute Gasteiger partial charge is 0.408 e. The molecule has 2 aromatic heterocycles. The van der Waals surface area contributed by atoms with E-state index in [-0.39, 0.29) is 12.4 Å². The van der Waals surface area contributed by atoms with Crippen LogP contribution in [0.3, 0.4) is 0 Å². The highest BCUT2D eigenvalue weighted by molar-refractivity contribution is 5.81. The molecule has 5 nitrogen and oxygen atoms in total. The van der Waals surface area contributed by atoms with Gasteiger partial charge in [-0.25, -0.2) is 9.18 Å². The van der Waals surface area contributed by atoms with E-state index in [1.54, 1.807) is 18.2 Å². The number of aromatic nitrogens is 2. The second-order valence-electron chi connectivity index (χ2n) is 5.97. The van der Waals surface area contributed by atoms with Gasteiger partial charge in [0.25, 0.3) is 0 Å². The highest BCUT2D eigenvalue weighted by atomic mass is 19.1. The lowest BCUT2D eigenvalue weighted by Gasteiger charge is -2.05. The van der Waals surface area contributed by atoms with Crippen LogP contribution in [-0.4, -0.2) is 9.72 Å². The van der Waals surface area contributed by atoms with E-state index >= 15 is 0 Å². The average Bonchev–Trinajstić information content (AvgIpc) is 3.07. The fourth-order valence-electron chi connectivity index (χ4n) is 3.08. The Labute approximate surface area is 142 Å². The summed E-state index contributed by atoms with van der Waals surface area (Å²) >= 11 is 0. The summed E-state index contributed by atoms with van der Waals surface area (Å²) in [5.41, 5.74) is 4.38. The molecule has 0 amide bonds. The van der Waals surface area contributed by atoms with Gasteiger partial charge < -0.3 is 8.94 Å². The van der Waals surface area contributed by atoms with Crippen molar-refractivity contribution in [3.05, 3.63) is 75.9 Å². The van der Waals surface area contributed by atoms with Gasteiger partial charge >= 0.3 is 5.76 Å². The first kappa shape index (κ1) is 15.4. The Hall–Kier alpha value is -3.15. The molecule has 0 atom stereocenters. The first-order valence-electron chi connectivity index (χ1n) is 7.84. The lowest BCUT2D eigenvalue weighted by Crippen LogP contribution is -2.14. The Balaban J connectivity index is 1.86. The fraction of sp³-hybridized carbons (Fsp3) is 0.158. The van der Waals surface area contributed by atoms with Crippen molar-refractivity contribution < 1.29 is 13.3 Å². The van der Waals surface area contributed by atoms with Gasteiger partial charge in [0.1, 0.15) is 11.6 Å². The number of halogens is 1. The van der Waals surface area contributed by atoms with E-state index < -0.39 is 5.76 Å². The standard InChI is InChI=1S/C19H15FN2O3/c1-11-18(12(2)25-21-11)14-6-7-17-16(9-14)22(19(23)24-17)10-13-4-3-5-15(20)8-13/h3-9H,10H2,1-2H3.